The van der Waals surface area contributed by atoms with Gasteiger partial charge in [-0.3, -0.25) is 0 Å². The Bertz CT molecular complexity index is 358. The van der Waals surface area contributed by atoms with Crippen molar-refractivity contribution in [2.75, 3.05) is 7.11 Å². The first-order valence-electron chi connectivity index (χ1n) is 4.16. The lowest BCUT2D eigenvalue weighted by atomic mass is 10.1. The van der Waals surface area contributed by atoms with E-state index in [-0.39, 0.29) is 5.97 Å². The molecule has 0 aliphatic rings. The Morgan fingerprint density at radius 2 is 2.36 bits per heavy atom. The zero-order chi connectivity index (χ0) is 10.6. The van der Waals surface area contributed by atoms with Gasteiger partial charge in [0.25, 0.3) is 0 Å². The molecule has 0 aliphatic heterocycles. The molecule has 0 atom stereocenters. The molecule has 2 nitrogen and oxygen atoms in total. The molecular formula is C11H11BrO2. The zero-order valence-corrected chi connectivity index (χ0v) is 9.50. The average Bonchev–Trinajstić information content (AvgIpc) is 2.20. The van der Waals surface area contributed by atoms with E-state index in [0.29, 0.717) is 5.56 Å². The summed E-state index contributed by atoms with van der Waals surface area (Å²) in [7, 11) is 1.37. The maximum atomic E-state index is 11.2. The first-order valence-corrected chi connectivity index (χ1v) is 4.96. The quantitative estimate of drug-likeness (QED) is 0.613. The van der Waals surface area contributed by atoms with E-state index in [1.165, 1.54) is 7.11 Å². The molecule has 0 aromatic heterocycles. The normalized spacial score (nSPS) is 9.57. The van der Waals surface area contributed by atoms with Gasteiger partial charge in [-0.2, -0.15) is 0 Å². The van der Waals surface area contributed by atoms with Crippen molar-refractivity contribution in [3.05, 3.63) is 46.5 Å². The summed E-state index contributed by atoms with van der Waals surface area (Å²) >= 11 is 3.39. The highest BCUT2D eigenvalue weighted by Gasteiger charge is 2.07. The molecule has 1 rings (SSSR count). The standard InChI is InChI=1S/C11H11BrO2/c1-3-4-8-5-6-9(7-10(8)12)11(13)14-2/h3,5-7H,1,4H2,2H3. The molecule has 0 aliphatic carbocycles. The molecule has 3 heteroatoms. The zero-order valence-electron chi connectivity index (χ0n) is 7.92. The van der Waals surface area contributed by atoms with Crippen LogP contribution in [0.4, 0.5) is 0 Å². The van der Waals surface area contributed by atoms with Gasteiger partial charge in [0.15, 0.2) is 0 Å². The highest BCUT2D eigenvalue weighted by atomic mass is 79.9. The van der Waals surface area contributed by atoms with Gasteiger partial charge in [0.1, 0.15) is 0 Å². The summed E-state index contributed by atoms with van der Waals surface area (Å²) in [5.74, 6) is -0.323. The van der Waals surface area contributed by atoms with E-state index in [0.717, 1.165) is 16.5 Å². The molecule has 0 spiro atoms. The van der Waals surface area contributed by atoms with Gasteiger partial charge in [-0.05, 0) is 24.1 Å². The number of ether oxygens (including phenoxy) is 1. The van der Waals surface area contributed by atoms with Crippen LogP contribution in [0.5, 0.6) is 0 Å². The van der Waals surface area contributed by atoms with Crippen LogP contribution in [0.3, 0.4) is 0 Å². The minimum Gasteiger partial charge on any atom is -0.465 e. The molecule has 0 heterocycles. The maximum absolute atomic E-state index is 11.2. The second kappa shape index (κ2) is 4.96. The number of carbonyl (C=O) groups is 1. The summed E-state index contributed by atoms with van der Waals surface area (Å²) in [4.78, 5) is 11.2. The Labute approximate surface area is 91.7 Å². The molecule has 14 heavy (non-hydrogen) atoms. The number of halogens is 1. The van der Waals surface area contributed by atoms with Crippen LogP contribution in [-0.2, 0) is 11.2 Å². The van der Waals surface area contributed by atoms with Crippen LogP contribution in [-0.4, -0.2) is 13.1 Å². The van der Waals surface area contributed by atoms with Crippen molar-refractivity contribution in [2.45, 2.75) is 6.42 Å². The number of methoxy groups -OCH3 is 1. The molecule has 0 unspecified atom stereocenters. The number of carbonyl (C=O) groups excluding carboxylic acids is 1. The van der Waals surface area contributed by atoms with Crippen LogP contribution in [0.1, 0.15) is 15.9 Å². The Balaban J connectivity index is 2.99. The van der Waals surface area contributed by atoms with Crippen LogP contribution >= 0.6 is 15.9 Å². The van der Waals surface area contributed by atoms with E-state index in [1.54, 1.807) is 12.1 Å². The summed E-state index contributed by atoms with van der Waals surface area (Å²) in [6, 6.07) is 5.39. The number of hydrogen-bond donors (Lipinski definition) is 0. The average molecular weight is 255 g/mol. The fraction of sp³-hybridized carbons (Fsp3) is 0.182. The number of benzene rings is 1. The fourth-order valence-corrected chi connectivity index (χ4v) is 1.65. The predicted molar refractivity (Wildman–Crippen MR) is 59.4 cm³/mol. The summed E-state index contributed by atoms with van der Waals surface area (Å²) in [5.41, 5.74) is 1.65. The molecular weight excluding hydrogens is 244 g/mol. The van der Waals surface area contributed by atoms with E-state index >= 15 is 0 Å². The Hall–Kier alpha value is -1.09. The molecule has 0 amide bonds. The number of hydrogen-bond acceptors (Lipinski definition) is 2. The number of allylic oxidation sites excluding steroid dienone is 1. The molecule has 0 saturated carbocycles. The Kier molecular flexibility index (Phi) is 3.89. The van der Waals surface area contributed by atoms with Crippen molar-refractivity contribution in [3.63, 3.8) is 0 Å². The van der Waals surface area contributed by atoms with Gasteiger partial charge < -0.3 is 4.74 Å². The first kappa shape index (κ1) is 11.0. The molecule has 0 radical (unpaired) electrons. The Morgan fingerprint density at radius 3 is 2.86 bits per heavy atom. The summed E-state index contributed by atoms with van der Waals surface area (Å²) in [6.07, 6.45) is 2.60. The lowest BCUT2D eigenvalue weighted by Gasteiger charge is -2.03. The lowest BCUT2D eigenvalue weighted by Crippen LogP contribution is -2.01. The topological polar surface area (TPSA) is 26.3 Å². The second-order valence-corrected chi connectivity index (χ2v) is 3.64. The molecule has 74 valence electrons. The van der Waals surface area contributed by atoms with Gasteiger partial charge in [0, 0.05) is 4.47 Å². The smallest absolute Gasteiger partial charge is 0.337 e. The fourth-order valence-electron chi connectivity index (χ4n) is 1.11. The van der Waals surface area contributed by atoms with Crippen molar-refractivity contribution >= 4 is 21.9 Å². The SMILES string of the molecule is C=CCc1ccc(C(=O)OC)cc1Br. The maximum Gasteiger partial charge on any atom is 0.337 e. The van der Waals surface area contributed by atoms with Crippen LogP contribution in [0, 0.1) is 0 Å². The third-order valence-corrected chi connectivity index (χ3v) is 2.58. The molecule has 0 fully saturated rings. The molecule has 0 saturated heterocycles. The van der Waals surface area contributed by atoms with Gasteiger partial charge >= 0.3 is 5.97 Å². The van der Waals surface area contributed by atoms with Gasteiger partial charge in [-0.25, -0.2) is 4.79 Å². The van der Waals surface area contributed by atoms with E-state index in [1.807, 2.05) is 12.1 Å². The van der Waals surface area contributed by atoms with Gasteiger partial charge in [0.05, 0.1) is 12.7 Å². The highest BCUT2D eigenvalue weighted by molar-refractivity contribution is 9.10. The summed E-state index contributed by atoms with van der Waals surface area (Å²) in [5, 5.41) is 0. The second-order valence-electron chi connectivity index (χ2n) is 2.79. The van der Waals surface area contributed by atoms with Gasteiger partial charge in [0.2, 0.25) is 0 Å². The van der Waals surface area contributed by atoms with Crippen LogP contribution in [0.15, 0.2) is 35.3 Å². The van der Waals surface area contributed by atoms with Gasteiger partial charge in [-0.15, -0.1) is 6.58 Å². The van der Waals surface area contributed by atoms with Crippen molar-refractivity contribution in [3.8, 4) is 0 Å². The monoisotopic (exact) mass is 254 g/mol. The number of rotatable bonds is 3. The van der Waals surface area contributed by atoms with E-state index in [2.05, 4.69) is 27.2 Å². The summed E-state index contributed by atoms with van der Waals surface area (Å²) in [6.45, 7) is 3.66. The van der Waals surface area contributed by atoms with Crippen molar-refractivity contribution in [1.82, 2.24) is 0 Å². The van der Waals surface area contributed by atoms with Crippen molar-refractivity contribution < 1.29 is 9.53 Å². The van der Waals surface area contributed by atoms with E-state index < -0.39 is 0 Å². The molecule has 1 aromatic rings. The first-order chi connectivity index (χ1) is 6.69. The van der Waals surface area contributed by atoms with Gasteiger partial charge in [-0.1, -0.05) is 28.1 Å². The third-order valence-electron chi connectivity index (χ3n) is 1.84. The van der Waals surface area contributed by atoms with Crippen LogP contribution in [0.2, 0.25) is 0 Å². The number of esters is 1. The molecule has 0 bridgehead atoms. The van der Waals surface area contributed by atoms with Crippen molar-refractivity contribution in [1.29, 1.82) is 0 Å². The highest BCUT2D eigenvalue weighted by Crippen LogP contribution is 2.19. The van der Waals surface area contributed by atoms with E-state index in [4.69, 9.17) is 0 Å². The van der Waals surface area contributed by atoms with Crippen molar-refractivity contribution in [2.24, 2.45) is 0 Å². The van der Waals surface area contributed by atoms with Crippen LogP contribution in [0.25, 0.3) is 0 Å². The Morgan fingerprint density at radius 1 is 1.64 bits per heavy atom. The minimum atomic E-state index is -0.323. The molecule has 0 N–H and O–H groups in total. The minimum absolute atomic E-state index is 0.323. The van der Waals surface area contributed by atoms with Crippen LogP contribution < -0.4 is 0 Å². The molecule has 1 aromatic carbocycles. The lowest BCUT2D eigenvalue weighted by molar-refractivity contribution is 0.0600. The third kappa shape index (κ3) is 2.45. The van der Waals surface area contributed by atoms with E-state index in [9.17, 15) is 4.79 Å². The predicted octanol–water partition coefficient (Wildman–Crippen LogP) is 2.96. The summed E-state index contributed by atoms with van der Waals surface area (Å²) < 4.78 is 5.51. The largest absolute Gasteiger partial charge is 0.465 e.